The molecule has 1 atom stereocenters. The minimum atomic E-state index is -0.592. The van der Waals surface area contributed by atoms with Gasteiger partial charge in [-0.1, -0.05) is 0 Å². The summed E-state index contributed by atoms with van der Waals surface area (Å²) in [5.41, 5.74) is 0.997. The van der Waals surface area contributed by atoms with Crippen molar-refractivity contribution in [3.63, 3.8) is 0 Å². The summed E-state index contributed by atoms with van der Waals surface area (Å²) in [6, 6.07) is 3.80. The summed E-state index contributed by atoms with van der Waals surface area (Å²) in [5.74, 6) is -0.0909. The third-order valence-electron chi connectivity index (χ3n) is 3.63. The van der Waals surface area contributed by atoms with Crippen LogP contribution in [0.1, 0.15) is 0 Å². The van der Waals surface area contributed by atoms with Gasteiger partial charge in [0.25, 0.3) is 0 Å². The third kappa shape index (κ3) is 3.40. The second-order valence-electron chi connectivity index (χ2n) is 5.20. The number of carbonyl (C=O) groups excluding carboxylic acids is 1. The van der Waals surface area contributed by atoms with E-state index in [9.17, 15) is 9.90 Å². The number of anilines is 1. The van der Waals surface area contributed by atoms with E-state index in [4.69, 9.17) is 0 Å². The zero-order chi connectivity index (χ0) is 15.4. The molecule has 3 heterocycles. The molecule has 8 nitrogen and oxygen atoms in total. The van der Waals surface area contributed by atoms with Gasteiger partial charge in [-0.05, 0) is 12.1 Å². The van der Waals surface area contributed by atoms with Gasteiger partial charge in [-0.15, -0.1) is 0 Å². The number of carbonyl (C=O) groups is 1. The maximum absolute atomic E-state index is 12.3. The first kappa shape index (κ1) is 14.5. The largest absolute Gasteiger partial charge is 0.389 e. The van der Waals surface area contributed by atoms with E-state index < -0.39 is 6.10 Å². The summed E-state index contributed by atoms with van der Waals surface area (Å²) in [5, 5.41) is 18.0. The number of rotatable bonds is 3. The second kappa shape index (κ2) is 6.52. The van der Waals surface area contributed by atoms with E-state index in [-0.39, 0.29) is 12.5 Å². The van der Waals surface area contributed by atoms with Crippen LogP contribution in [0.5, 0.6) is 0 Å². The quantitative estimate of drug-likeness (QED) is 0.813. The molecule has 0 unspecified atom stereocenters. The Hall–Kier alpha value is -2.48. The first-order valence-corrected chi connectivity index (χ1v) is 7.17. The standard InChI is InChI=1S/C14H18N6O2/c21-13-9-18(12-1-3-15-4-2-12)7-8-19(10-13)14(22)11-20-16-5-6-17-20/h1-6,13,21H,7-11H2/t13-/m0/s1. The normalized spacial score (nSPS) is 19.0. The molecule has 1 aliphatic rings. The zero-order valence-corrected chi connectivity index (χ0v) is 12.1. The minimum Gasteiger partial charge on any atom is -0.389 e. The number of nitrogens with zero attached hydrogens (tertiary/aromatic N) is 6. The van der Waals surface area contributed by atoms with Gasteiger partial charge in [0.2, 0.25) is 5.91 Å². The highest BCUT2D eigenvalue weighted by molar-refractivity contribution is 5.76. The van der Waals surface area contributed by atoms with Crippen molar-refractivity contribution in [2.24, 2.45) is 0 Å². The molecule has 0 bridgehead atoms. The fourth-order valence-corrected chi connectivity index (χ4v) is 2.55. The van der Waals surface area contributed by atoms with Crippen molar-refractivity contribution in [2.75, 3.05) is 31.1 Å². The zero-order valence-electron chi connectivity index (χ0n) is 12.1. The molecule has 22 heavy (non-hydrogen) atoms. The van der Waals surface area contributed by atoms with Gasteiger partial charge in [0.1, 0.15) is 6.54 Å². The molecular weight excluding hydrogens is 284 g/mol. The molecule has 0 saturated carbocycles. The lowest BCUT2D eigenvalue weighted by molar-refractivity contribution is -0.133. The second-order valence-corrected chi connectivity index (χ2v) is 5.20. The molecule has 1 N–H and O–H groups in total. The van der Waals surface area contributed by atoms with Gasteiger partial charge >= 0.3 is 0 Å². The van der Waals surface area contributed by atoms with Gasteiger partial charge in [0.05, 0.1) is 18.5 Å². The smallest absolute Gasteiger partial charge is 0.246 e. The molecule has 0 spiro atoms. The van der Waals surface area contributed by atoms with Gasteiger partial charge in [0, 0.05) is 44.3 Å². The number of β-amino-alcohol motifs (C(OH)–C–C–N with tert-alkyl or cyclic N) is 1. The molecular formula is C14H18N6O2. The molecule has 8 heteroatoms. The fraction of sp³-hybridized carbons (Fsp3) is 0.429. The Morgan fingerprint density at radius 3 is 2.59 bits per heavy atom. The summed E-state index contributed by atoms with van der Waals surface area (Å²) in [4.78, 5) is 21.4. The summed E-state index contributed by atoms with van der Waals surface area (Å²) < 4.78 is 0. The maximum Gasteiger partial charge on any atom is 0.246 e. The predicted octanol–water partition coefficient (Wildman–Crippen LogP) is -0.617. The van der Waals surface area contributed by atoms with Gasteiger partial charge in [-0.3, -0.25) is 9.78 Å². The fourth-order valence-electron chi connectivity index (χ4n) is 2.55. The molecule has 2 aromatic rings. The summed E-state index contributed by atoms with van der Waals surface area (Å²) >= 11 is 0. The molecule has 0 aromatic carbocycles. The van der Waals surface area contributed by atoms with Crippen LogP contribution in [0.15, 0.2) is 36.9 Å². The number of amides is 1. The van der Waals surface area contributed by atoms with E-state index in [1.807, 2.05) is 12.1 Å². The van der Waals surface area contributed by atoms with Crippen LogP contribution in [0, 0.1) is 0 Å². The van der Waals surface area contributed by atoms with Crippen LogP contribution in [-0.2, 0) is 11.3 Å². The Kier molecular flexibility index (Phi) is 4.29. The van der Waals surface area contributed by atoms with Gasteiger partial charge in [-0.2, -0.15) is 15.0 Å². The van der Waals surface area contributed by atoms with Crippen molar-refractivity contribution >= 4 is 11.6 Å². The summed E-state index contributed by atoms with van der Waals surface area (Å²) in [6.07, 6.45) is 5.92. The molecule has 1 amide bonds. The first-order valence-electron chi connectivity index (χ1n) is 7.17. The van der Waals surface area contributed by atoms with Crippen molar-refractivity contribution in [3.8, 4) is 0 Å². The molecule has 1 aliphatic heterocycles. The average molecular weight is 302 g/mol. The van der Waals surface area contributed by atoms with E-state index in [1.54, 1.807) is 17.3 Å². The lowest BCUT2D eigenvalue weighted by atomic mass is 10.3. The Labute approximate surface area is 128 Å². The Morgan fingerprint density at radius 2 is 1.86 bits per heavy atom. The summed E-state index contributed by atoms with van der Waals surface area (Å²) in [7, 11) is 0. The Morgan fingerprint density at radius 1 is 1.14 bits per heavy atom. The molecule has 2 aromatic heterocycles. The first-order chi connectivity index (χ1) is 10.7. The molecule has 116 valence electrons. The van der Waals surface area contributed by atoms with E-state index in [1.165, 1.54) is 17.2 Å². The molecule has 3 rings (SSSR count). The van der Waals surface area contributed by atoms with Gasteiger partial charge in [0.15, 0.2) is 0 Å². The van der Waals surface area contributed by atoms with Crippen LogP contribution < -0.4 is 4.90 Å². The van der Waals surface area contributed by atoms with E-state index in [0.717, 1.165) is 5.69 Å². The lowest BCUT2D eigenvalue weighted by Gasteiger charge is -2.23. The van der Waals surface area contributed by atoms with Crippen LogP contribution in [0.25, 0.3) is 0 Å². The monoisotopic (exact) mass is 302 g/mol. The van der Waals surface area contributed by atoms with Crippen LogP contribution in [0.2, 0.25) is 0 Å². The average Bonchev–Trinajstić information content (AvgIpc) is 2.95. The lowest BCUT2D eigenvalue weighted by Crippen LogP contribution is -2.39. The van der Waals surface area contributed by atoms with Crippen LogP contribution in [0.3, 0.4) is 0 Å². The van der Waals surface area contributed by atoms with Crippen LogP contribution >= 0.6 is 0 Å². The van der Waals surface area contributed by atoms with Crippen molar-refractivity contribution in [2.45, 2.75) is 12.6 Å². The number of hydrogen-bond acceptors (Lipinski definition) is 6. The molecule has 0 radical (unpaired) electrons. The Bertz CT molecular complexity index is 603. The van der Waals surface area contributed by atoms with Crippen molar-refractivity contribution in [1.82, 2.24) is 24.9 Å². The van der Waals surface area contributed by atoms with E-state index in [0.29, 0.717) is 26.2 Å². The Balaban J connectivity index is 1.65. The van der Waals surface area contributed by atoms with Crippen LogP contribution in [-0.4, -0.2) is 68.2 Å². The number of aromatic nitrogens is 4. The highest BCUT2D eigenvalue weighted by Crippen LogP contribution is 2.15. The minimum absolute atomic E-state index is 0.0909. The highest BCUT2D eigenvalue weighted by atomic mass is 16.3. The maximum atomic E-state index is 12.3. The third-order valence-corrected chi connectivity index (χ3v) is 3.63. The molecule has 1 fully saturated rings. The van der Waals surface area contributed by atoms with Gasteiger partial charge < -0.3 is 14.9 Å². The van der Waals surface area contributed by atoms with E-state index in [2.05, 4.69) is 20.1 Å². The number of aliphatic hydroxyl groups is 1. The number of pyridine rings is 1. The highest BCUT2D eigenvalue weighted by Gasteiger charge is 2.24. The number of hydrogen-bond donors (Lipinski definition) is 1. The topological polar surface area (TPSA) is 87.4 Å². The predicted molar refractivity (Wildman–Crippen MR) is 79.1 cm³/mol. The van der Waals surface area contributed by atoms with Crippen molar-refractivity contribution in [3.05, 3.63) is 36.9 Å². The van der Waals surface area contributed by atoms with Gasteiger partial charge in [-0.25, -0.2) is 0 Å². The number of aliphatic hydroxyl groups excluding tert-OH is 1. The summed E-state index contributed by atoms with van der Waals surface area (Å²) in [6.45, 7) is 2.13. The van der Waals surface area contributed by atoms with Crippen molar-refractivity contribution in [1.29, 1.82) is 0 Å². The molecule has 1 saturated heterocycles. The SMILES string of the molecule is O=C(Cn1nccn1)N1CCN(c2ccncc2)C[C@H](O)C1. The van der Waals surface area contributed by atoms with E-state index >= 15 is 0 Å². The van der Waals surface area contributed by atoms with Crippen LogP contribution in [0.4, 0.5) is 5.69 Å². The van der Waals surface area contributed by atoms with Crippen molar-refractivity contribution < 1.29 is 9.90 Å². The molecule has 0 aliphatic carbocycles.